The Balaban J connectivity index is 2.77. The van der Waals surface area contributed by atoms with E-state index in [-0.39, 0.29) is 18.6 Å². The van der Waals surface area contributed by atoms with Gasteiger partial charge >= 0.3 is 0 Å². The summed E-state index contributed by atoms with van der Waals surface area (Å²) in [6, 6.07) is 5.01. The molecular weight excluding hydrogens is 240 g/mol. The Hall–Kier alpha value is -1.26. The summed E-state index contributed by atoms with van der Waals surface area (Å²) in [7, 11) is 1.65. The summed E-state index contributed by atoms with van der Waals surface area (Å²) in [4.78, 5) is 13.3. The van der Waals surface area contributed by atoms with E-state index >= 15 is 0 Å². The molecule has 2 N–H and O–H groups in total. The highest BCUT2D eigenvalue weighted by molar-refractivity contribution is 6.31. The van der Waals surface area contributed by atoms with Gasteiger partial charge in [-0.25, -0.2) is 0 Å². The zero-order chi connectivity index (χ0) is 13.0. The maximum absolute atomic E-state index is 11.8. The van der Waals surface area contributed by atoms with E-state index in [0.717, 1.165) is 0 Å². The molecule has 0 unspecified atom stereocenters. The monoisotopic (exact) mass is 256 g/mol. The number of hydrogen-bond acceptors (Lipinski definition) is 3. The molecule has 0 atom stereocenters. The van der Waals surface area contributed by atoms with Crippen LogP contribution >= 0.6 is 11.6 Å². The molecule has 94 valence electrons. The molecule has 1 rings (SSSR count). The number of nitrogen functional groups attached to an aromatic ring is 1. The second-order valence-electron chi connectivity index (χ2n) is 4.02. The van der Waals surface area contributed by atoms with Gasteiger partial charge < -0.3 is 15.4 Å². The van der Waals surface area contributed by atoms with Crippen LogP contribution in [0.1, 0.15) is 13.8 Å². The third-order valence-corrected chi connectivity index (χ3v) is 2.50. The Labute approximate surface area is 106 Å². The molecule has 0 saturated carbocycles. The highest BCUT2D eigenvalue weighted by atomic mass is 35.5. The lowest BCUT2D eigenvalue weighted by atomic mass is 10.2. The molecule has 0 heterocycles. The van der Waals surface area contributed by atoms with Crippen molar-refractivity contribution in [1.29, 1.82) is 0 Å². The van der Waals surface area contributed by atoms with Crippen molar-refractivity contribution in [3.05, 3.63) is 23.2 Å². The topological polar surface area (TPSA) is 55.6 Å². The number of halogens is 1. The SMILES string of the molecule is CC(C)OCC(=O)N(C)c1cc(Cl)ccc1N. The van der Waals surface area contributed by atoms with Gasteiger partial charge in [-0.3, -0.25) is 4.79 Å². The molecule has 1 amide bonds. The standard InChI is InChI=1S/C12H17ClN2O2/c1-8(2)17-7-12(16)15(3)11-6-9(13)4-5-10(11)14/h4-6,8H,7,14H2,1-3H3. The van der Waals surface area contributed by atoms with Crippen LogP contribution in [-0.4, -0.2) is 25.7 Å². The van der Waals surface area contributed by atoms with E-state index in [1.54, 1.807) is 25.2 Å². The van der Waals surface area contributed by atoms with Crippen LogP contribution in [0, 0.1) is 0 Å². The molecule has 0 aliphatic carbocycles. The Morgan fingerprint density at radius 1 is 1.53 bits per heavy atom. The zero-order valence-corrected chi connectivity index (χ0v) is 11.0. The molecule has 0 aromatic heterocycles. The summed E-state index contributed by atoms with van der Waals surface area (Å²) >= 11 is 5.87. The van der Waals surface area contributed by atoms with Crippen molar-refractivity contribution in [2.45, 2.75) is 20.0 Å². The Bertz CT molecular complexity index is 407. The van der Waals surface area contributed by atoms with Crippen molar-refractivity contribution in [2.75, 3.05) is 24.3 Å². The summed E-state index contributed by atoms with van der Waals surface area (Å²) < 4.78 is 5.25. The number of carbonyl (C=O) groups excluding carboxylic acids is 1. The summed E-state index contributed by atoms with van der Waals surface area (Å²) in [5, 5.41) is 0.540. The van der Waals surface area contributed by atoms with Gasteiger partial charge in [0.15, 0.2) is 0 Å². The number of ether oxygens (including phenoxy) is 1. The smallest absolute Gasteiger partial charge is 0.252 e. The Morgan fingerprint density at radius 2 is 2.18 bits per heavy atom. The maximum Gasteiger partial charge on any atom is 0.252 e. The molecule has 0 bridgehead atoms. The molecule has 4 nitrogen and oxygen atoms in total. The van der Waals surface area contributed by atoms with Crippen molar-refractivity contribution in [3.63, 3.8) is 0 Å². The van der Waals surface area contributed by atoms with Gasteiger partial charge in [0.05, 0.1) is 17.5 Å². The summed E-state index contributed by atoms with van der Waals surface area (Å²) in [5.74, 6) is -0.160. The van der Waals surface area contributed by atoms with Crippen molar-refractivity contribution in [2.24, 2.45) is 0 Å². The maximum atomic E-state index is 11.8. The first-order chi connectivity index (χ1) is 7.91. The molecular formula is C12H17ClN2O2. The predicted octanol–water partition coefficient (Wildman–Crippen LogP) is 2.31. The van der Waals surface area contributed by atoms with Crippen LogP contribution in [0.3, 0.4) is 0 Å². The van der Waals surface area contributed by atoms with E-state index < -0.39 is 0 Å². The minimum Gasteiger partial charge on any atom is -0.397 e. The number of rotatable bonds is 4. The third kappa shape index (κ3) is 3.91. The van der Waals surface area contributed by atoms with E-state index in [1.807, 2.05) is 13.8 Å². The number of nitrogens with two attached hydrogens (primary N) is 1. The second-order valence-corrected chi connectivity index (χ2v) is 4.45. The van der Waals surface area contributed by atoms with Gasteiger partial charge in [0.2, 0.25) is 0 Å². The lowest BCUT2D eigenvalue weighted by Gasteiger charge is -2.20. The van der Waals surface area contributed by atoms with Crippen molar-refractivity contribution in [3.8, 4) is 0 Å². The van der Waals surface area contributed by atoms with E-state index in [0.29, 0.717) is 16.4 Å². The molecule has 0 saturated heterocycles. The summed E-state index contributed by atoms with van der Waals surface area (Å²) in [5.41, 5.74) is 6.89. The molecule has 1 aromatic carbocycles. The molecule has 0 fully saturated rings. The number of nitrogens with zero attached hydrogens (tertiary/aromatic N) is 1. The number of hydrogen-bond donors (Lipinski definition) is 1. The van der Waals surface area contributed by atoms with Crippen molar-refractivity contribution >= 4 is 28.9 Å². The molecule has 0 spiro atoms. The normalized spacial score (nSPS) is 10.6. The van der Waals surface area contributed by atoms with E-state index in [4.69, 9.17) is 22.1 Å². The zero-order valence-electron chi connectivity index (χ0n) is 10.2. The van der Waals surface area contributed by atoms with Gasteiger partial charge in [-0.15, -0.1) is 0 Å². The number of carbonyl (C=O) groups is 1. The third-order valence-electron chi connectivity index (χ3n) is 2.27. The lowest BCUT2D eigenvalue weighted by molar-refractivity contribution is -0.124. The van der Waals surface area contributed by atoms with Crippen molar-refractivity contribution in [1.82, 2.24) is 0 Å². The molecule has 17 heavy (non-hydrogen) atoms. The molecule has 0 aliphatic heterocycles. The van der Waals surface area contributed by atoms with Gasteiger partial charge in [0, 0.05) is 12.1 Å². The second kappa shape index (κ2) is 5.89. The van der Waals surface area contributed by atoms with E-state index in [2.05, 4.69) is 0 Å². The van der Waals surface area contributed by atoms with E-state index in [1.165, 1.54) is 4.90 Å². The first-order valence-corrected chi connectivity index (χ1v) is 5.72. The Morgan fingerprint density at radius 3 is 2.76 bits per heavy atom. The molecule has 0 radical (unpaired) electrons. The van der Waals surface area contributed by atoms with Crippen LogP contribution in [0.2, 0.25) is 5.02 Å². The number of benzene rings is 1. The molecule has 5 heteroatoms. The highest BCUT2D eigenvalue weighted by Gasteiger charge is 2.14. The van der Waals surface area contributed by atoms with Crippen LogP contribution < -0.4 is 10.6 Å². The Kier molecular flexibility index (Phi) is 4.78. The predicted molar refractivity (Wildman–Crippen MR) is 70.4 cm³/mol. The average molecular weight is 257 g/mol. The van der Waals surface area contributed by atoms with Crippen LogP contribution in [0.25, 0.3) is 0 Å². The van der Waals surface area contributed by atoms with Gasteiger partial charge in [-0.2, -0.15) is 0 Å². The van der Waals surface area contributed by atoms with Gasteiger partial charge in [-0.1, -0.05) is 11.6 Å². The quantitative estimate of drug-likeness (QED) is 0.841. The first-order valence-electron chi connectivity index (χ1n) is 5.35. The van der Waals surface area contributed by atoms with Gasteiger partial charge in [0.25, 0.3) is 5.91 Å². The van der Waals surface area contributed by atoms with Gasteiger partial charge in [0.1, 0.15) is 6.61 Å². The van der Waals surface area contributed by atoms with Crippen LogP contribution in [-0.2, 0) is 9.53 Å². The fourth-order valence-electron chi connectivity index (χ4n) is 1.28. The summed E-state index contributed by atoms with van der Waals surface area (Å²) in [6.45, 7) is 3.78. The number of likely N-dealkylation sites (N-methyl/N-ethyl adjacent to an activating group) is 1. The average Bonchev–Trinajstić information content (AvgIpc) is 2.28. The minimum absolute atomic E-state index is 0.0176. The van der Waals surface area contributed by atoms with Crippen LogP contribution in [0.15, 0.2) is 18.2 Å². The fourth-order valence-corrected chi connectivity index (χ4v) is 1.44. The summed E-state index contributed by atoms with van der Waals surface area (Å²) in [6.07, 6.45) is 0.0176. The van der Waals surface area contributed by atoms with Crippen LogP contribution in [0.4, 0.5) is 11.4 Å². The van der Waals surface area contributed by atoms with Crippen LogP contribution in [0.5, 0.6) is 0 Å². The minimum atomic E-state index is -0.160. The molecule has 1 aromatic rings. The first kappa shape index (κ1) is 13.8. The lowest BCUT2D eigenvalue weighted by Crippen LogP contribution is -2.31. The number of anilines is 2. The van der Waals surface area contributed by atoms with Crippen molar-refractivity contribution < 1.29 is 9.53 Å². The number of amides is 1. The largest absolute Gasteiger partial charge is 0.397 e. The molecule has 0 aliphatic rings. The van der Waals surface area contributed by atoms with Gasteiger partial charge in [-0.05, 0) is 32.0 Å². The highest BCUT2D eigenvalue weighted by Crippen LogP contribution is 2.26. The van der Waals surface area contributed by atoms with E-state index in [9.17, 15) is 4.79 Å². The fraction of sp³-hybridized carbons (Fsp3) is 0.417.